The second-order valence-electron chi connectivity index (χ2n) is 9.00. The van der Waals surface area contributed by atoms with Crippen LogP contribution < -0.4 is 5.32 Å². The number of alkyl halides is 3. The fourth-order valence-electron chi connectivity index (χ4n) is 3.15. The Bertz CT molecular complexity index is 768. The number of carbonyl (C=O) groups excluding carboxylic acids is 2. The Kier molecular flexibility index (Phi) is 10.3. The molecule has 0 unspecified atom stereocenters. The molecule has 0 aliphatic rings. The second-order valence-corrected chi connectivity index (χ2v) is 9.00. The number of rotatable bonds is 9. The van der Waals surface area contributed by atoms with Crippen LogP contribution in [0.15, 0.2) is 42.0 Å². The smallest absolute Gasteiger partial charge is 0.414 e. The molecule has 0 saturated carbocycles. The maximum atomic E-state index is 14.2. The number of nitrogens with one attached hydrogen (secondary N) is 1. The Hall–Kier alpha value is -2.51. The van der Waals surface area contributed by atoms with Crippen molar-refractivity contribution in [3.8, 4) is 0 Å². The molecule has 0 radical (unpaired) electrons. The van der Waals surface area contributed by atoms with Crippen molar-refractivity contribution in [2.24, 2.45) is 11.8 Å². The van der Waals surface area contributed by atoms with Gasteiger partial charge in [-0.1, -0.05) is 50.3 Å². The molecule has 5 nitrogen and oxygen atoms in total. The zero-order chi connectivity index (χ0) is 24.5. The highest BCUT2D eigenvalue weighted by Crippen LogP contribution is 2.32. The van der Waals surface area contributed by atoms with E-state index in [1.807, 2.05) is 13.8 Å². The summed E-state index contributed by atoms with van der Waals surface area (Å²) in [7, 11) is 0. The first-order valence-corrected chi connectivity index (χ1v) is 10.7. The van der Waals surface area contributed by atoms with Gasteiger partial charge < -0.3 is 14.8 Å². The Labute approximate surface area is 188 Å². The van der Waals surface area contributed by atoms with Gasteiger partial charge in [-0.25, -0.2) is 4.79 Å². The van der Waals surface area contributed by atoms with E-state index in [1.165, 1.54) is 0 Å². The molecule has 8 heteroatoms. The summed E-state index contributed by atoms with van der Waals surface area (Å²) < 4.78 is 52.8. The zero-order valence-electron chi connectivity index (χ0n) is 19.6. The summed E-state index contributed by atoms with van der Waals surface area (Å²) in [5.74, 6) is -1.86. The lowest BCUT2D eigenvalue weighted by molar-refractivity contribution is -0.146. The van der Waals surface area contributed by atoms with E-state index in [0.29, 0.717) is 5.56 Å². The van der Waals surface area contributed by atoms with Crippen LogP contribution in [0.25, 0.3) is 0 Å². The van der Waals surface area contributed by atoms with E-state index in [-0.39, 0.29) is 25.4 Å². The lowest BCUT2D eigenvalue weighted by atomic mass is 9.90. The normalized spacial score (nSPS) is 14.6. The van der Waals surface area contributed by atoms with Crippen molar-refractivity contribution < 1.29 is 32.2 Å². The van der Waals surface area contributed by atoms with Crippen molar-refractivity contribution in [3.05, 3.63) is 47.5 Å². The monoisotopic (exact) mass is 457 g/mol. The van der Waals surface area contributed by atoms with Gasteiger partial charge in [-0.15, -0.1) is 0 Å². The van der Waals surface area contributed by atoms with E-state index in [9.17, 15) is 22.8 Å². The Morgan fingerprint density at radius 1 is 1.09 bits per heavy atom. The fraction of sp³-hybridized carbons (Fsp3) is 0.583. The largest absolute Gasteiger partial charge is 0.466 e. The SMILES string of the molecule is CCOC(=O)[C@@H](/C=C(\[C@H](Cc1ccccc1)NC(=O)OC(C)(C)C)C(F)(F)F)CC(C)C. The van der Waals surface area contributed by atoms with Crippen LogP contribution in [0, 0.1) is 11.8 Å². The summed E-state index contributed by atoms with van der Waals surface area (Å²) in [6.07, 6.45) is -4.80. The van der Waals surface area contributed by atoms with E-state index in [4.69, 9.17) is 9.47 Å². The second kappa shape index (κ2) is 11.9. The highest BCUT2D eigenvalue weighted by atomic mass is 19.4. The summed E-state index contributed by atoms with van der Waals surface area (Å²) in [5, 5.41) is 2.36. The highest BCUT2D eigenvalue weighted by Gasteiger charge is 2.41. The molecule has 0 heterocycles. The molecule has 1 aromatic rings. The first kappa shape index (κ1) is 27.5. The third kappa shape index (κ3) is 10.2. The van der Waals surface area contributed by atoms with Crippen LogP contribution in [-0.2, 0) is 20.7 Å². The molecule has 1 N–H and O–H groups in total. The number of hydrogen-bond acceptors (Lipinski definition) is 4. The number of amides is 1. The Balaban J connectivity index is 3.43. The quantitative estimate of drug-likeness (QED) is 0.374. The minimum absolute atomic E-state index is 0.0403. The number of esters is 1. The zero-order valence-corrected chi connectivity index (χ0v) is 19.6. The molecule has 0 fully saturated rings. The fourth-order valence-corrected chi connectivity index (χ4v) is 3.15. The van der Waals surface area contributed by atoms with Gasteiger partial charge in [-0.2, -0.15) is 13.2 Å². The molecule has 0 bridgehead atoms. The van der Waals surface area contributed by atoms with Crippen LogP contribution in [0.3, 0.4) is 0 Å². The van der Waals surface area contributed by atoms with Crippen LogP contribution in [0.4, 0.5) is 18.0 Å². The third-order valence-electron chi connectivity index (χ3n) is 4.37. The summed E-state index contributed by atoms with van der Waals surface area (Å²) in [5.41, 5.74) is -1.29. The summed E-state index contributed by atoms with van der Waals surface area (Å²) in [4.78, 5) is 24.8. The van der Waals surface area contributed by atoms with E-state index >= 15 is 0 Å². The molecule has 0 spiro atoms. The standard InChI is InChI=1S/C24H34F3NO4/c1-7-31-21(29)18(13-16(2)3)15-19(24(25,26)27)20(14-17-11-9-8-10-12-17)28-22(30)32-23(4,5)6/h8-12,15-16,18,20H,7,13-14H2,1-6H3,(H,28,30)/b19-15+/t18-,20+/m1/s1. The van der Waals surface area contributed by atoms with Crippen molar-refractivity contribution >= 4 is 12.1 Å². The number of benzene rings is 1. The van der Waals surface area contributed by atoms with Gasteiger partial charge in [-0.05, 0) is 52.0 Å². The predicted molar refractivity (Wildman–Crippen MR) is 117 cm³/mol. The van der Waals surface area contributed by atoms with Gasteiger partial charge in [0.25, 0.3) is 0 Å². The lowest BCUT2D eigenvalue weighted by Gasteiger charge is -2.27. The highest BCUT2D eigenvalue weighted by molar-refractivity contribution is 5.75. The van der Waals surface area contributed by atoms with Gasteiger partial charge in [0, 0.05) is 0 Å². The maximum absolute atomic E-state index is 14.2. The van der Waals surface area contributed by atoms with Crippen molar-refractivity contribution in [1.82, 2.24) is 5.32 Å². The van der Waals surface area contributed by atoms with E-state index < -0.39 is 41.4 Å². The van der Waals surface area contributed by atoms with E-state index in [0.717, 1.165) is 6.08 Å². The lowest BCUT2D eigenvalue weighted by Crippen LogP contribution is -2.44. The average molecular weight is 458 g/mol. The van der Waals surface area contributed by atoms with Crippen molar-refractivity contribution in [3.63, 3.8) is 0 Å². The molecular formula is C24H34F3NO4. The van der Waals surface area contributed by atoms with Crippen LogP contribution in [0.1, 0.15) is 53.5 Å². The minimum atomic E-state index is -4.78. The molecule has 1 rings (SSSR count). The molecular weight excluding hydrogens is 423 g/mol. The van der Waals surface area contributed by atoms with Crippen LogP contribution in [-0.4, -0.2) is 36.5 Å². The summed E-state index contributed by atoms with van der Waals surface area (Å²) in [6.45, 7) is 10.2. The number of carbonyl (C=O) groups is 2. The summed E-state index contributed by atoms with van der Waals surface area (Å²) in [6, 6.07) is 7.06. The Morgan fingerprint density at radius 2 is 1.69 bits per heavy atom. The molecule has 0 saturated heterocycles. The van der Waals surface area contributed by atoms with E-state index in [1.54, 1.807) is 58.0 Å². The average Bonchev–Trinajstić information content (AvgIpc) is 2.62. The Morgan fingerprint density at radius 3 is 2.16 bits per heavy atom. The molecule has 1 amide bonds. The first-order chi connectivity index (χ1) is 14.7. The minimum Gasteiger partial charge on any atom is -0.466 e. The van der Waals surface area contributed by atoms with Crippen LogP contribution >= 0.6 is 0 Å². The van der Waals surface area contributed by atoms with Crippen molar-refractivity contribution in [2.75, 3.05) is 6.61 Å². The molecule has 2 atom stereocenters. The molecule has 32 heavy (non-hydrogen) atoms. The van der Waals surface area contributed by atoms with Crippen LogP contribution in [0.2, 0.25) is 0 Å². The molecule has 180 valence electrons. The molecule has 0 aromatic heterocycles. The number of hydrogen-bond donors (Lipinski definition) is 1. The third-order valence-corrected chi connectivity index (χ3v) is 4.37. The molecule has 1 aromatic carbocycles. The van der Waals surface area contributed by atoms with Gasteiger partial charge in [0.05, 0.1) is 24.1 Å². The van der Waals surface area contributed by atoms with Crippen molar-refractivity contribution in [2.45, 2.75) is 72.2 Å². The van der Waals surface area contributed by atoms with E-state index in [2.05, 4.69) is 5.32 Å². The molecule has 0 aliphatic carbocycles. The van der Waals surface area contributed by atoms with Crippen molar-refractivity contribution in [1.29, 1.82) is 0 Å². The number of halogens is 3. The first-order valence-electron chi connectivity index (χ1n) is 10.7. The van der Waals surface area contributed by atoms with Crippen LogP contribution in [0.5, 0.6) is 0 Å². The van der Waals surface area contributed by atoms with Gasteiger partial charge in [0.2, 0.25) is 0 Å². The number of alkyl carbamates (subject to hydrolysis) is 1. The van der Waals surface area contributed by atoms with Gasteiger partial charge in [0.15, 0.2) is 0 Å². The van der Waals surface area contributed by atoms with Gasteiger partial charge in [0.1, 0.15) is 5.60 Å². The summed E-state index contributed by atoms with van der Waals surface area (Å²) >= 11 is 0. The van der Waals surface area contributed by atoms with Gasteiger partial charge >= 0.3 is 18.2 Å². The topological polar surface area (TPSA) is 64.6 Å². The van der Waals surface area contributed by atoms with Gasteiger partial charge in [-0.3, -0.25) is 4.79 Å². The molecule has 0 aliphatic heterocycles. The number of ether oxygens (including phenoxy) is 2. The maximum Gasteiger partial charge on any atom is 0.414 e. The predicted octanol–water partition coefficient (Wildman–Crippen LogP) is 5.84.